The summed E-state index contributed by atoms with van der Waals surface area (Å²) < 4.78 is 49.9. The Hall–Kier alpha value is -2.31. The van der Waals surface area contributed by atoms with Crippen LogP contribution in [-0.4, -0.2) is 42.9 Å². The molecule has 0 saturated carbocycles. The first-order valence-electron chi connectivity index (χ1n) is 8.60. The Labute approximate surface area is 179 Å². The van der Waals surface area contributed by atoms with Crippen molar-refractivity contribution in [1.29, 1.82) is 0 Å². The molecule has 0 bridgehead atoms. The number of hydrogen-bond donors (Lipinski definition) is 2. The number of thioether (sulfide) groups is 1. The van der Waals surface area contributed by atoms with Gasteiger partial charge in [0.15, 0.2) is 4.34 Å². The fraction of sp³-hybridized carbons (Fsp3) is 0.389. The van der Waals surface area contributed by atoms with Crippen LogP contribution < -0.4 is 15.8 Å². The largest absolute Gasteiger partial charge is 0.489 e. The summed E-state index contributed by atoms with van der Waals surface area (Å²) in [6.45, 7) is 2.08. The van der Waals surface area contributed by atoms with E-state index in [9.17, 15) is 22.8 Å². The van der Waals surface area contributed by atoms with Crippen LogP contribution >= 0.6 is 23.1 Å². The minimum atomic E-state index is -4.56. The number of nitrogens with zero attached hydrogens (tertiary/aromatic N) is 1. The molecule has 0 aliphatic rings. The van der Waals surface area contributed by atoms with Crippen LogP contribution in [0, 0.1) is 6.92 Å². The van der Waals surface area contributed by atoms with E-state index >= 15 is 0 Å². The van der Waals surface area contributed by atoms with E-state index in [1.807, 2.05) is 0 Å². The number of aromatic nitrogens is 1. The van der Waals surface area contributed by atoms with Gasteiger partial charge in [0.05, 0.1) is 35.7 Å². The number of rotatable bonds is 10. The van der Waals surface area contributed by atoms with Crippen molar-refractivity contribution in [2.75, 3.05) is 31.4 Å². The molecule has 0 unspecified atom stereocenters. The minimum Gasteiger partial charge on any atom is -0.489 e. The number of nitrogens with one attached hydrogen (secondary N) is 1. The number of nitrogens with two attached hydrogens (primary N) is 1. The van der Waals surface area contributed by atoms with Gasteiger partial charge in [0.1, 0.15) is 12.4 Å². The van der Waals surface area contributed by atoms with Crippen LogP contribution in [0.2, 0.25) is 0 Å². The van der Waals surface area contributed by atoms with E-state index in [0.29, 0.717) is 14.9 Å². The highest BCUT2D eigenvalue weighted by molar-refractivity contribution is 8.01. The lowest BCUT2D eigenvalue weighted by Crippen LogP contribution is -2.16. The summed E-state index contributed by atoms with van der Waals surface area (Å²) in [7, 11) is 1.46. The number of methoxy groups -OCH3 is 1. The van der Waals surface area contributed by atoms with Crippen molar-refractivity contribution in [3.63, 3.8) is 0 Å². The molecular formula is C18H20F3N3O4S2. The van der Waals surface area contributed by atoms with Gasteiger partial charge in [0.2, 0.25) is 11.8 Å². The average molecular weight is 464 g/mol. The fourth-order valence-electron chi connectivity index (χ4n) is 2.26. The zero-order valence-corrected chi connectivity index (χ0v) is 17.8. The van der Waals surface area contributed by atoms with Crippen LogP contribution in [0.4, 0.5) is 18.9 Å². The number of alkyl halides is 3. The second-order valence-electron chi connectivity index (χ2n) is 6.02. The number of amides is 2. The summed E-state index contributed by atoms with van der Waals surface area (Å²) in [5, 5.41) is 2.45. The quantitative estimate of drug-likeness (QED) is 0.414. The van der Waals surface area contributed by atoms with Crippen molar-refractivity contribution in [2.45, 2.75) is 23.9 Å². The molecule has 0 fully saturated rings. The lowest BCUT2D eigenvalue weighted by Gasteiger charge is -2.15. The maximum Gasteiger partial charge on any atom is 0.416 e. The minimum absolute atomic E-state index is 0.0582. The Kier molecular flexibility index (Phi) is 8.50. The van der Waals surface area contributed by atoms with Gasteiger partial charge in [-0.3, -0.25) is 9.59 Å². The second kappa shape index (κ2) is 10.6. The number of thiazole rings is 1. The lowest BCUT2D eigenvalue weighted by atomic mass is 10.1. The van der Waals surface area contributed by atoms with Gasteiger partial charge in [-0.2, -0.15) is 13.2 Å². The molecule has 0 saturated heterocycles. The lowest BCUT2D eigenvalue weighted by molar-refractivity contribution is -0.137. The van der Waals surface area contributed by atoms with Crippen molar-refractivity contribution in [1.82, 2.24) is 4.98 Å². The van der Waals surface area contributed by atoms with Crippen LogP contribution in [-0.2, 0) is 26.9 Å². The number of benzene rings is 1. The summed E-state index contributed by atoms with van der Waals surface area (Å²) in [4.78, 5) is 28.3. The summed E-state index contributed by atoms with van der Waals surface area (Å²) >= 11 is 2.35. The third kappa shape index (κ3) is 7.18. The zero-order valence-electron chi connectivity index (χ0n) is 16.2. The maximum atomic E-state index is 13.0. The molecule has 7 nitrogen and oxygen atoms in total. The van der Waals surface area contributed by atoms with E-state index in [1.165, 1.54) is 18.4 Å². The zero-order chi connectivity index (χ0) is 22.3. The molecule has 12 heteroatoms. The van der Waals surface area contributed by atoms with Gasteiger partial charge < -0.3 is 20.5 Å². The first-order chi connectivity index (χ1) is 14.1. The Morgan fingerprint density at radius 3 is 2.67 bits per heavy atom. The van der Waals surface area contributed by atoms with E-state index in [-0.39, 0.29) is 36.8 Å². The van der Waals surface area contributed by atoms with Gasteiger partial charge >= 0.3 is 6.18 Å². The molecule has 0 aliphatic carbocycles. The van der Waals surface area contributed by atoms with Gasteiger partial charge in [-0.1, -0.05) is 11.8 Å². The van der Waals surface area contributed by atoms with Crippen LogP contribution in [0.3, 0.4) is 0 Å². The van der Waals surface area contributed by atoms with Crippen LogP contribution in [0.5, 0.6) is 5.75 Å². The van der Waals surface area contributed by atoms with Crippen molar-refractivity contribution < 1.29 is 32.2 Å². The van der Waals surface area contributed by atoms with E-state index in [2.05, 4.69) is 10.3 Å². The average Bonchev–Trinajstić information content (AvgIpc) is 2.99. The highest BCUT2D eigenvalue weighted by Crippen LogP contribution is 2.35. The summed E-state index contributed by atoms with van der Waals surface area (Å²) in [6.07, 6.45) is -4.50. The van der Waals surface area contributed by atoms with E-state index in [1.54, 1.807) is 6.92 Å². The molecule has 2 amide bonds. The summed E-state index contributed by atoms with van der Waals surface area (Å²) in [5.41, 5.74) is 4.83. The third-order valence-corrected chi connectivity index (χ3v) is 5.96. The number of carbonyl (C=O) groups excluding carboxylic acids is 2. The molecule has 2 aromatic rings. The molecule has 1 aromatic heterocycles. The number of ether oxygens (including phenoxy) is 2. The molecule has 3 N–H and O–H groups in total. The third-order valence-electron chi connectivity index (χ3n) is 3.66. The molecule has 0 spiro atoms. The van der Waals surface area contributed by atoms with Crippen molar-refractivity contribution >= 4 is 40.6 Å². The van der Waals surface area contributed by atoms with Crippen LogP contribution in [0.25, 0.3) is 0 Å². The maximum absolute atomic E-state index is 13.0. The van der Waals surface area contributed by atoms with E-state index in [4.69, 9.17) is 15.2 Å². The molecule has 0 aliphatic heterocycles. The molecule has 1 heterocycles. The van der Waals surface area contributed by atoms with Gasteiger partial charge in [-0.05, 0) is 25.1 Å². The predicted molar refractivity (Wildman–Crippen MR) is 108 cm³/mol. The van der Waals surface area contributed by atoms with Crippen molar-refractivity contribution in [2.24, 2.45) is 5.73 Å². The Morgan fingerprint density at radius 2 is 2.03 bits per heavy atom. The summed E-state index contributed by atoms with van der Waals surface area (Å²) in [5.74, 6) is -0.995. The van der Waals surface area contributed by atoms with E-state index in [0.717, 1.165) is 30.0 Å². The topological polar surface area (TPSA) is 104 Å². The standard InChI is InChI=1S/C18H20F3N3O4S2/c1-10-14(8-15(22)25)30-17(23-10)29-9-16(26)24-12-7-11(18(19,20)21)3-4-13(12)28-6-5-27-2/h3-4,7H,5-6,8-9H2,1-2H3,(H2,22,25)(H,24,26). The summed E-state index contributed by atoms with van der Waals surface area (Å²) in [6, 6.07) is 2.86. The Balaban J connectivity index is 2.07. The first kappa shape index (κ1) is 24.0. The molecule has 0 atom stereocenters. The molecule has 1 aromatic carbocycles. The SMILES string of the molecule is COCCOc1ccc(C(F)(F)F)cc1NC(=O)CSc1nc(C)c(CC(N)=O)s1. The number of primary amides is 1. The van der Waals surface area contributed by atoms with Gasteiger partial charge in [-0.25, -0.2) is 4.98 Å². The van der Waals surface area contributed by atoms with Gasteiger partial charge in [-0.15, -0.1) is 11.3 Å². The number of anilines is 1. The smallest absolute Gasteiger partial charge is 0.416 e. The monoisotopic (exact) mass is 463 g/mol. The Bertz CT molecular complexity index is 903. The molecular weight excluding hydrogens is 443 g/mol. The van der Waals surface area contributed by atoms with Crippen molar-refractivity contribution in [3.05, 3.63) is 34.3 Å². The number of halogens is 3. The van der Waals surface area contributed by atoms with Crippen LogP contribution in [0.1, 0.15) is 16.1 Å². The van der Waals surface area contributed by atoms with Crippen LogP contribution in [0.15, 0.2) is 22.5 Å². The van der Waals surface area contributed by atoms with Gasteiger partial charge in [0, 0.05) is 12.0 Å². The van der Waals surface area contributed by atoms with Gasteiger partial charge in [0.25, 0.3) is 0 Å². The second-order valence-corrected chi connectivity index (χ2v) is 8.32. The highest BCUT2D eigenvalue weighted by atomic mass is 32.2. The molecule has 2 rings (SSSR count). The number of hydrogen-bond acceptors (Lipinski definition) is 7. The Morgan fingerprint density at radius 1 is 1.30 bits per heavy atom. The normalized spacial score (nSPS) is 11.4. The van der Waals surface area contributed by atoms with Crippen molar-refractivity contribution in [3.8, 4) is 5.75 Å². The molecule has 164 valence electrons. The predicted octanol–water partition coefficient (Wildman–Crippen LogP) is 3.25. The fourth-order valence-corrected chi connectivity index (χ4v) is 4.31. The van der Waals surface area contributed by atoms with E-state index < -0.39 is 23.6 Å². The number of carbonyl (C=O) groups is 2. The molecule has 30 heavy (non-hydrogen) atoms. The number of aryl methyl sites for hydroxylation is 1. The highest BCUT2D eigenvalue weighted by Gasteiger charge is 2.31. The first-order valence-corrected chi connectivity index (χ1v) is 10.4. The molecule has 0 radical (unpaired) electrons.